The molecule has 0 unspecified atom stereocenters. The van der Waals surface area contributed by atoms with Crippen molar-refractivity contribution in [2.45, 2.75) is 37.7 Å². The molecule has 0 saturated carbocycles. The average Bonchev–Trinajstić information content (AvgIpc) is 3.37. The van der Waals surface area contributed by atoms with Crippen LogP contribution in [0.3, 0.4) is 0 Å². The number of carbonyl (C=O) groups excluding carboxylic acids is 1. The van der Waals surface area contributed by atoms with Gasteiger partial charge in [0.15, 0.2) is 0 Å². The normalized spacial score (nSPS) is 24.4. The number of piperidine rings is 1. The summed E-state index contributed by atoms with van der Waals surface area (Å²) >= 11 is 2.46. The van der Waals surface area contributed by atoms with Crippen LogP contribution in [0.25, 0.3) is 11.0 Å². The molecule has 5 heterocycles. The number of fused-ring (bicyclic) bond motifs is 1. The van der Waals surface area contributed by atoms with Crippen molar-refractivity contribution in [2.75, 3.05) is 31.6 Å². The molecule has 2 aliphatic heterocycles. The number of hydrogen-bond acceptors (Lipinski definition) is 8. The zero-order valence-corrected chi connectivity index (χ0v) is 19.3. The van der Waals surface area contributed by atoms with Crippen LogP contribution in [0.4, 0.5) is 5.82 Å². The van der Waals surface area contributed by atoms with Gasteiger partial charge in [-0.05, 0) is 0 Å². The summed E-state index contributed by atoms with van der Waals surface area (Å²) in [5.41, 5.74) is 1.88. The number of hydrogen-bond donors (Lipinski definition) is 1. The quantitative estimate of drug-likeness (QED) is 0.540. The van der Waals surface area contributed by atoms with Crippen molar-refractivity contribution < 1.29 is 14.4 Å². The van der Waals surface area contributed by atoms with E-state index < -0.39 is 5.60 Å². The third kappa shape index (κ3) is 3.40. The summed E-state index contributed by atoms with van der Waals surface area (Å²) in [6.45, 7) is 4.16. The zero-order chi connectivity index (χ0) is 21.8. The van der Waals surface area contributed by atoms with Crippen molar-refractivity contribution in [1.29, 1.82) is 0 Å². The van der Waals surface area contributed by atoms with E-state index in [1.54, 1.807) is 19.4 Å². The Kier molecular flexibility index (Phi) is 4.98. The van der Waals surface area contributed by atoms with Gasteiger partial charge in [0.05, 0.1) is 0 Å². The van der Waals surface area contributed by atoms with Gasteiger partial charge in [-0.1, -0.05) is 0 Å². The van der Waals surface area contributed by atoms with Crippen LogP contribution in [-0.2, 0) is 10.4 Å². The van der Waals surface area contributed by atoms with Gasteiger partial charge in [0.2, 0.25) is 0 Å². The van der Waals surface area contributed by atoms with Crippen LogP contribution >= 0.6 is 0 Å². The van der Waals surface area contributed by atoms with Crippen molar-refractivity contribution in [1.82, 2.24) is 25.0 Å². The maximum atomic E-state index is 12.4. The monoisotopic (exact) mass is 482 g/mol. The Morgan fingerprint density at radius 1 is 1.26 bits per heavy atom. The number of aryl methyl sites for hydroxylation is 1. The number of amides is 1. The molecule has 0 aromatic carbocycles. The molecule has 1 amide bonds. The molecule has 31 heavy (non-hydrogen) atoms. The number of carbonyl (C=O) groups is 1. The summed E-state index contributed by atoms with van der Waals surface area (Å²) in [5.74, 6) is 0.920. The van der Waals surface area contributed by atoms with Crippen molar-refractivity contribution >= 4 is 44.1 Å². The number of likely N-dealkylation sites (N-methyl/N-ethyl adjacent to an activating group) is 1. The van der Waals surface area contributed by atoms with Gasteiger partial charge in [-0.2, -0.15) is 0 Å². The Balaban J connectivity index is 1.41. The second kappa shape index (κ2) is 7.57. The van der Waals surface area contributed by atoms with Crippen molar-refractivity contribution in [3.05, 3.63) is 35.5 Å². The maximum absolute atomic E-state index is 12.4. The minimum atomic E-state index is -1.61. The Labute approximate surface area is 188 Å². The van der Waals surface area contributed by atoms with Crippen LogP contribution in [-0.4, -0.2) is 79.6 Å². The summed E-state index contributed by atoms with van der Waals surface area (Å²) in [5, 5.41) is 15.1. The summed E-state index contributed by atoms with van der Waals surface area (Å²) < 4.78 is 6.26. The summed E-state index contributed by atoms with van der Waals surface area (Å²) in [6, 6.07) is 3.81. The van der Waals surface area contributed by atoms with E-state index in [0.717, 1.165) is 58.5 Å². The average molecular weight is 482 g/mol. The second-order valence-corrected chi connectivity index (χ2v) is 9.32. The molecule has 0 spiro atoms. The van der Waals surface area contributed by atoms with Crippen molar-refractivity contribution in [3.63, 3.8) is 0 Å². The summed E-state index contributed by atoms with van der Waals surface area (Å²) in [6.07, 6.45) is 3.82. The number of aliphatic hydroxyl groups is 1. The molecule has 0 aliphatic carbocycles. The molecule has 9 nitrogen and oxygen atoms in total. The summed E-state index contributed by atoms with van der Waals surface area (Å²) in [4.78, 5) is 29.6. The first kappa shape index (κ1) is 20.4. The van der Waals surface area contributed by atoms with Gasteiger partial charge in [0.25, 0.3) is 0 Å². The first-order valence-corrected chi connectivity index (χ1v) is 11.3. The number of nitrogens with zero attached hydrogens (tertiary/aromatic N) is 6. The van der Waals surface area contributed by atoms with Gasteiger partial charge in [0.1, 0.15) is 0 Å². The molecular formula is C21H23AsN6O3. The van der Waals surface area contributed by atoms with Crippen LogP contribution in [0.1, 0.15) is 42.2 Å². The van der Waals surface area contributed by atoms with Gasteiger partial charge in [-0.15, -0.1) is 0 Å². The number of anilines is 1. The van der Waals surface area contributed by atoms with Gasteiger partial charge in [0, 0.05) is 13.6 Å². The van der Waals surface area contributed by atoms with Crippen LogP contribution < -0.4 is 9.38 Å². The van der Waals surface area contributed by atoms with E-state index in [9.17, 15) is 9.90 Å². The molecule has 10 heteroatoms. The van der Waals surface area contributed by atoms with E-state index in [1.807, 2.05) is 6.92 Å². The van der Waals surface area contributed by atoms with E-state index >= 15 is 0 Å². The minimum absolute atomic E-state index is 0.130. The fourth-order valence-corrected chi connectivity index (χ4v) is 4.95. The molecule has 2 fully saturated rings. The molecule has 160 valence electrons. The molecular weight excluding hydrogens is 459 g/mol. The van der Waals surface area contributed by atoms with Gasteiger partial charge < -0.3 is 4.90 Å². The van der Waals surface area contributed by atoms with Crippen molar-refractivity contribution in [2.24, 2.45) is 0 Å². The van der Waals surface area contributed by atoms with E-state index in [0.29, 0.717) is 13.0 Å². The Bertz CT molecular complexity index is 1170. The number of rotatable bonds is 3. The SMILES string of the molecule is Cc1cc(N2CCC[C@@H](c3cc([C@]4(O)CCN(C)C4=O)on3)C2)nc2c([As])ncnc12. The summed E-state index contributed by atoms with van der Waals surface area (Å²) in [7, 11) is 1.68. The molecule has 0 bridgehead atoms. The first-order valence-electron chi connectivity index (χ1n) is 10.4. The molecule has 2 atom stereocenters. The predicted octanol–water partition coefficient (Wildman–Crippen LogP) is 0.549. The number of likely N-dealkylation sites (tertiary alicyclic amines) is 1. The van der Waals surface area contributed by atoms with Crippen LogP contribution in [0.15, 0.2) is 23.0 Å². The standard InChI is InChI=1S/C21H23AsN6O3/c1-12-8-16(25-18-17(12)23-11-24-19(18)22)28-6-3-4-13(10-28)14-9-15(31-26-14)21(30)5-7-27(2)20(21)29/h8-9,11,13,30H,3-7,10H2,1-2H3/t13-,21-/m1/s1. The van der Waals surface area contributed by atoms with Crippen molar-refractivity contribution in [3.8, 4) is 0 Å². The van der Waals surface area contributed by atoms with Crippen LogP contribution in [0.2, 0.25) is 0 Å². The fourth-order valence-electron chi connectivity index (χ4n) is 4.52. The Hall–Kier alpha value is -2.51. The van der Waals surface area contributed by atoms with Crippen LogP contribution in [0, 0.1) is 6.92 Å². The van der Waals surface area contributed by atoms with E-state index in [4.69, 9.17) is 9.51 Å². The molecule has 2 aliphatic rings. The van der Waals surface area contributed by atoms with Gasteiger partial charge in [-0.3, -0.25) is 4.79 Å². The Morgan fingerprint density at radius 2 is 2.10 bits per heavy atom. The first-order chi connectivity index (χ1) is 14.9. The van der Waals surface area contributed by atoms with E-state index in [2.05, 4.69) is 42.9 Å². The third-order valence-electron chi connectivity index (χ3n) is 6.36. The van der Waals surface area contributed by atoms with Gasteiger partial charge in [-0.25, -0.2) is 0 Å². The molecule has 3 aromatic heterocycles. The fraction of sp³-hybridized carbons (Fsp3) is 0.476. The van der Waals surface area contributed by atoms with Gasteiger partial charge >= 0.3 is 165 Å². The van der Waals surface area contributed by atoms with E-state index in [1.165, 1.54) is 4.90 Å². The molecule has 2 radical (unpaired) electrons. The molecule has 1 N–H and O–H groups in total. The predicted molar refractivity (Wildman–Crippen MR) is 114 cm³/mol. The Morgan fingerprint density at radius 3 is 2.87 bits per heavy atom. The topological polar surface area (TPSA) is 108 Å². The zero-order valence-electron chi connectivity index (χ0n) is 17.4. The molecule has 5 rings (SSSR count). The number of pyridine rings is 1. The second-order valence-electron chi connectivity index (χ2n) is 8.43. The van der Waals surface area contributed by atoms with E-state index in [-0.39, 0.29) is 17.6 Å². The number of aromatic nitrogens is 4. The van der Waals surface area contributed by atoms with Crippen LogP contribution in [0.5, 0.6) is 0 Å². The third-order valence-corrected chi connectivity index (χ3v) is 7.04. The molecule has 2 saturated heterocycles. The molecule has 3 aromatic rings.